The number of hydrogen-bond donors (Lipinski definition) is 0. The summed E-state index contributed by atoms with van der Waals surface area (Å²) in [6.07, 6.45) is 8.51. The largest absolute Gasteiger partial charge is 0.381 e. The van der Waals surface area contributed by atoms with E-state index in [0.717, 1.165) is 71.7 Å². The Morgan fingerprint density at radius 1 is 1.21 bits per heavy atom. The maximum Gasteiger partial charge on any atom is 0.0959 e. The molecule has 0 saturated carbocycles. The van der Waals surface area contributed by atoms with Gasteiger partial charge in [0.05, 0.1) is 11.7 Å². The molecule has 1 atom stereocenters. The third-order valence-corrected chi connectivity index (χ3v) is 5.51. The van der Waals surface area contributed by atoms with Crippen LogP contribution < -0.4 is 0 Å². The Balaban J connectivity index is 1.22. The molecule has 0 N–H and O–H groups in total. The summed E-state index contributed by atoms with van der Waals surface area (Å²) in [7, 11) is 0. The Morgan fingerprint density at radius 3 is 2.88 bits per heavy atom. The molecule has 3 aliphatic heterocycles. The van der Waals surface area contributed by atoms with Crippen LogP contribution in [0.3, 0.4) is 0 Å². The molecule has 0 aliphatic carbocycles. The molecule has 0 aromatic carbocycles. The van der Waals surface area contributed by atoms with Gasteiger partial charge in [-0.25, -0.2) is 0 Å². The molecule has 0 radical (unpaired) electrons. The summed E-state index contributed by atoms with van der Waals surface area (Å²) in [4.78, 5) is 6.64. The fourth-order valence-electron chi connectivity index (χ4n) is 4.16. The van der Waals surface area contributed by atoms with Crippen LogP contribution in [0.25, 0.3) is 0 Å². The van der Waals surface area contributed by atoms with Gasteiger partial charge in [0.25, 0.3) is 0 Å². The van der Waals surface area contributed by atoms with Crippen molar-refractivity contribution in [2.24, 2.45) is 5.92 Å². The van der Waals surface area contributed by atoms with E-state index < -0.39 is 0 Å². The molecular formula is C19H28N2O3. The van der Waals surface area contributed by atoms with Crippen molar-refractivity contribution in [3.63, 3.8) is 0 Å². The molecule has 0 amide bonds. The zero-order valence-corrected chi connectivity index (χ0v) is 14.4. The Kier molecular flexibility index (Phi) is 5.13. The van der Waals surface area contributed by atoms with Crippen molar-refractivity contribution in [2.45, 2.75) is 43.9 Å². The van der Waals surface area contributed by atoms with Gasteiger partial charge in [0.15, 0.2) is 0 Å². The van der Waals surface area contributed by atoms with Gasteiger partial charge in [-0.3, -0.25) is 9.88 Å². The molecule has 132 valence electrons. The second-order valence-electron chi connectivity index (χ2n) is 7.54. The minimum absolute atomic E-state index is 0.0286. The number of hydrogen-bond acceptors (Lipinski definition) is 5. The van der Waals surface area contributed by atoms with E-state index in [-0.39, 0.29) is 5.60 Å². The quantitative estimate of drug-likeness (QED) is 0.827. The Labute approximate surface area is 144 Å². The number of aromatic nitrogens is 1. The first kappa shape index (κ1) is 16.5. The molecule has 24 heavy (non-hydrogen) atoms. The first-order valence-electron chi connectivity index (χ1n) is 9.26. The predicted molar refractivity (Wildman–Crippen MR) is 90.7 cm³/mol. The maximum absolute atomic E-state index is 6.24. The molecule has 0 unspecified atom stereocenters. The minimum Gasteiger partial charge on any atom is -0.381 e. The van der Waals surface area contributed by atoms with Gasteiger partial charge in [-0.1, -0.05) is 6.07 Å². The second kappa shape index (κ2) is 7.48. The van der Waals surface area contributed by atoms with Crippen molar-refractivity contribution in [1.82, 2.24) is 9.88 Å². The summed E-state index contributed by atoms with van der Waals surface area (Å²) in [6.45, 7) is 6.51. The van der Waals surface area contributed by atoms with E-state index in [1.165, 1.54) is 5.56 Å². The number of rotatable bonds is 5. The molecule has 1 aromatic heterocycles. The first-order chi connectivity index (χ1) is 11.8. The van der Waals surface area contributed by atoms with Crippen LogP contribution in [0.15, 0.2) is 24.5 Å². The first-order valence-corrected chi connectivity index (χ1v) is 9.26. The van der Waals surface area contributed by atoms with E-state index in [0.29, 0.717) is 12.0 Å². The summed E-state index contributed by atoms with van der Waals surface area (Å²) in [5.74, 6) is 0.681. The van der Waals surface area contributed by atoms with Gasteiger partial charge in [-0.05, 0) is 36.8 Å². The van der Waals surface area contributed by atoms with Crippen LogP contribution in [0.5, 0.6) is 0 Å². The lowest BCUT2D eigenvalue weighted by Gasteiger charge is -2.53. The zero-order chi connectivity index (χ0) is 16.2. The van der Waals surface area contributed by atoms with E-state index in [2.05, 4.69) is 16.0 Å². The third-order valence-electron chi connectivity index (χ3n) is 5.51. The van der Waals surface area contributed by atoms with Crippen molar-refractivity contribution in [3.05, 3.63) is 30.1 Å². The molecule has 1 spiro atoms. The Bertz CT molecular complexity index is 513. The van der Waals surface area contributed by atoms with Crippen molar-refractivity contribution >= 4 is 0 Å². The van der Waals surface area contributed by atoms with Gasteiger partial charge >= 0.3 is 0 Å². The van der Waals surface area contributed by atoms with Crippen LogP contribution in [0, 0.1) is 5.92 Å². The van der Waals surface area contributed by atoms with E-state index in [4.69, 9.17) is 14.2 Å². The lowest BCUT2D eigenvalue weighted by Crippen LogP contribution is -2.65. The highest BCUT2D eigenvalue weighted by molar-refractivity contribution is 5.11. The van der Waals surface area contributed by atoms with Crippen molar-refractivity contribution in [1.29, 1.82) is 0 Å². The molecule has 3 saturated heterocycles. The topological polar surface area (TPSA) is 43.8 Å². The van der Waals surface area contributed by atoms with Crippen LogP contribution >= 0.6 is 0 Å². The lowest BCUT2D eigenvalue weighted by molar-refractivity contribution is -0.201. The molecule has 3 fully saturated rings. The summed E-state index contributed by atoms with van der Waals surface area (Å²) >= 11 is 0. The van der Waals surface area contributed by atoms with E-state index >= 15 is 0 Å². The van der Waals surface area contributed by atoms with E-state index in [1.807, 2.05) is 18.5 Å². The molecule has 4 heterocycles. The molecule has 3 aliphatic rings. The van der Waals surface area contributed by atoms with Crippen LogP contribution in [-0.2, 0) is 20.8 Å². The van der Waals surface area contributed by atoms with Crippen molar-refractivity contribution in [3.8, 4) is 0 Å². The molecule has 5 heteroatoms. The number of likely N-dealkylation sites (tertiary alicyclic amines) is 1. The standard InChI is InChI=1S/C19H28N2O3/c1-2-17(11-20-6-1)12-21-14-19(15-21)10-18(5-9-24-19)23-13-16-3-7-22-8-4-16/h1-2,6,11,16,18H,3-5,7-10,12-15H2/t18-/m1/s1. The van der Waals surface area contributed by atoms with Crippen LogP contribution in [0.2, 0.25) is 0 Å². The fraction of sp³-hybridized carbons (Fsp3) is 0.737. The van der Waals surface area contributed by atoms with Crippen molar-refractivity contribution < 1.29 is 14.2 Å². The normalized spacial score (nSPS) is 27.9. The molecule has 1 aromatic rings. The molecule has 5 nitrogen and oxygen atoms in total. The van der Waals surface area contributed by atoms with Gasteiger partial charge in [-0.2, -0.15) is 0 Å². The Hall–Kier alpha value is -1.01. The summed E-state index contributed by atoms with van der Waals surface area (Å²) < 4.78 is 17.8. The third kappa shape index (κ3) is 3.97. The zero-order valence-electron chi connectivity index (χ0n) is 14.4. The SMILES string of the molecule is c1cncc(CN2CC3(C[C@H](OCC4CCOCC4)CCO3)C2)c1. The van der Waals surface area contributed by atoms with Crippen LogP contribution in [0.4, 0.5) is 0 Å². The monoisotopic (exact) mass is 332 g/mol. The van der Waals surface area contributed by atoms with E-state index in [9.17, 15) is 0 Å². The number of ether oxygens (including phenoxy) is 3. The second-order valence-corrected chi connectivity index (χ2v) is 7.54. The highest BCUT2D eigenvalue weighted by Gasteiger charge is 2.47. The maximum atomic E-state index is 6.24. The Morgan fingerprint density at radius 2 is 2.08 bits per heavy atom. The summed E-state index contributed by atoms with van der Waals surface area (Å²) in [6, 6.07) is 4.14. The fourth-order valence-corrected chi connectivity index (χ4v) is 4.16. The molecule has 0 bridgehead atoms. The van der Waals surface area contributed by atoms with E-state index in [1.54, 1.807) is 0 Å². The summed E-state index contributed by atoms with van der Waals surface area (Å²) in [5.41, 5.74) is 1.30. The average molecular weight is 332 g/mol. The van der Waals surface area contributed by atoms with Gasteiger partial charge < -0.3 is 14.2 Å². The smallest absolute Gasteiger partial charge is 0.0959 e. The van der Waals surface area contributed by atoms with Gasteiger partial charge in [0.2, 0.25) is 0 Å². The average Bonchev–Trinajstić information content (AvgIpc) is 2.61. The van der Waals surface area contributed by atoms with Gasteiger partial charge in [0, 0.05) is 64.9 Å². The number of nitrogens with zero attached hydrogens (tertiary/aromatic N) is 2. The van der Waals surface area contributed by atoms with Crippen LogP contribution in [0.1, 0.15) is 31.2 Å². The van der Waals surface area contributed by atoms with Gasteiger partial charge in [0.1, 0.15) is 0 Å². The summed E-state index contributed by atoms with van der Waals surface area (Å²) in [5, 5.41) is 0. The predicted octanol–water partition coefficient (Wildman–Crippen LogP) is 2.26. The molecule has 4 rings (SSSR count). The number of pyridine rings is 1. The lowest BCUT2D eigenvalue weighted by atomic mass is 9.84. The van der Waals surface area contributed by atoms with Crippen molar-refractivity contribution in [2.75, 3.05) is 39.5 Å². The van der Waals surface area contributed by atoms with Gasteiger partial charge in [-0.15, -0.1) is 0 Å². The highest BCUT2D eigenvalue weighted by atomic mass is 16.5. The highest BCUT2D eigenvalue weighted by Crippen LogP contribution is 2.36. The minimum atomic E-state index is 0.0286. The van der Waals surface area contributed by atoms with Crippen LogP contribution in [-0.4, -0.2) is 61.1 Å². The molecular weight excluding hydrogens is 304 g/mol.